The maximum absolute atomic E-state index is 13.0. The van der Waals surface area contributed by atoms with Gasteiger partial charge in [0.1, 0.15) is 6.10 Å². The Morgan fingerprint density at radius 2 is 1.93 bits per heavy atom. The first-order chi connectivity index (χ1) is 14.0. The molecule has 0 radical (unpaired) electrons. The minimum absolute atomic E-state index is 0.223. The van der Waals surface area contributed by atoms with Crippen LogP contribution in [0.15, 0.2) is 42.5 Å². The number of ether oxygens (including phenoxy) is 2. The van der Waals surface area contributed by atoms with Gasteiger partial charge in [-0.15, -0.1) is 0 Å². The molecule has 2 aromatic rings. The molecule has 2 aromatic carbocycles. The van der Waals surface area contributed by atoms with Crippen LogP contribution >= 0.6 is 23.2 Å². The topological polar surface area (TPSA) is 76.7 Å². The number of hydrogen-bond acceptors (Lipinski definition) is 5. The lowest BCUT2D eigenvalue weighted by Gasteiger charge is -2.26. The highest BCUT2D eigenvalue weighted by atomic mass is 35.5. The minimum Gasteiger partial charge on any atom is -0.462 e. The molecule has 0 aliphatic carbocycles. The van der Waals surface area contributed by atoms with Crippen LogP contribution in [0.2, 0.25) is 10.0 Å². The number of nitrogens with one attached hydrogen (secondary N) is 2. The van der Waals surface area contributed by atoms with Crippen LogP contribution in [0.5, 0.6) is 0 Å². The lowest BCUT2D eigenvalue weighted by Crippen LogP contribution is -2.45. The van der Waals surface area contributed by atoms with Gasteiger partial charge in [-0.05, 0) is 36.8 Å². The van der Waals surface area contributed by atoms with Crippen LogP contribution in [0.3, 0.4) is 0 Å². The summed E-state index contributed by atoms with van der Waals surface area (Å²) in [6.07, 6.45) is -0.418. The third kappa shape index (κ3) is 5.28. The highest BCUT2D eigenvalue weighted by Gasteiger charge is 2.29. The fraction of sp³-hybridized carbons (Fsp3) is 0.333. The molecule has 8 heteroatoms. The van der Waals surface area contributed by atoms with E-state index in [-0.39, 0.29) is 29.7 Å². The zero-order valence-electron chi connectivity index (χ0n) is 15.9. The summed E-state index contributed by atoms with van der Waals surface area (Å²) in [7, 11) is 0. The molecule has 1 saturated heterocycles. The number of hydrogen-bond donors (Lipinski definition) is 2. The average molecular weight is 437 g/mol. The van der Waals surface area contributed by atoms with Crippen LogP contribution < -0.4 is 10.6 Å². The van der Waals surface area contributed by atoms with Crippen molar-refractivity contribution >= 4 is 35.1 Å². The van der Waals surface area contributed by atoms with E-state index in [0.717, 1.165) is 5.56 Å². The van der Waals surface area contributed by atoms with Gasteiger partial charge in [0.25, 0.3) is 5.91 Å². The van der Waals surface area contributed by atoms with Gasteiger partial charge in [0.15, 0.2) is 0 Å². The first-order valence-corrected chi connectivity index (χ1v) is 10.1. The maximum atomic E-state index is 13.0. The maximum Gasteiger partial charge on any atom is 0.338 e. The summed E-state index contributed by atoms with van der Waals surface area (Å²) in [5.41, 5.74) is 1.29. The fourth-order valence-electron chi connectivity index (χ4n) is 3.20. The van der Waals surface area contributed by atoms with Crippen molar-refractivity contribution in [3.8, 4) is 0 Å². The molecule has 3 rings (SSSR count). The smallest absolute Gasteiger partial charge is 0.338 e. The predicted molar refractivity (Wildman–Crippen MR) is 112 cm³/mol. The number of amides is 1. The van der Waals surface area contributed by atoms with E-state index in [1.54, 1.807) is 43.3 Å². The Morgan fingerprint density at radius 3 is 2.66 bits per heavy atom. The van der Waals surface area contributed by atoms with Gasteiger partial charge in [-0.25, -0.2) is 4.79 Å². The zero-order valence-corrected chi connectivity index (χ0v) is 17.4. The summed E-state index contributed by atoms with van der Waals surface area (Å²) in [6, 6.07) is 11.5. The van der Waals surface area contributed by atoms with Gasteiger partial charge in [0.2, 0.25) is 0 Å². The van der Waals surface area contributed by atoms with Crippen LogP contribution in [-0.2, 0) is 9.47 Å². The molecule has 6 nitrogen and oxygen atoms in total. The van der Waals surface area contributed by atoms with Crippen molar-refractivity contribution < 1.29 is 19.1 Å². The molecule has 0 saturated carbocycles. The number of rotatable bonds is 5. The van der Waals surface area contributed by atoms with Crippen LogP contribution in [0.4, 0.5) is 0 Å². The van der Waals surface area contributed by atoms with Crippen LogP contribution in [0.1, 0.15) is 39.3 Å². The van der Waals surface area contributed by atoms with Gasteiger partial charge < -0.3 is 20.1 Å². The van der Waals surface area contributed by atoms with Gasteiger partial charge in [-0.3, -0.25) is 4.79 Å². The Labute approximate surface area is 179 Å². The fourth-order valence-corrected chi connectivity index (χ4v) is 3.50. The lowest BCUT2D eigenvalue weighted by molar-refractivity contribution is 0.0415. The van der Waals surface area contributed by atoms with Crippen molar-refractivity contribution in [3.63, 3.8) is 0 Å². The van der Waals surface area contributed by atoms with Crippen molar-refractivity contribution in [1.29, 1.82) is 0 Å². The van der Waals surface area contributed by atoms with E-state index in [9.17, 15) is 9.59 Å². The molecule has 2 N–H and O–H groups in total. The minimum atomic E-state index is -0.533. The van der Waals surface area contributed by atoms with Gasteiger partial charge >= 0.3 is 5.97 Å². The van der Waals surface area contributed by atoms with Crippen molar-refractivity contribution in [2.75, 3.05) is 26.3 Å². The molecule has 0 spiro atoms. The van der Waals surface area contributed by atoms with E-state index in [1.807, 2.05) is 6.07 Å². The summed E-state index contributed by atoms with van der Waals surface area (Å²) in [5, 5.41) is 7.10. The van der Waals surface area contributed by atoms with E-state index in [4.69, 9.17) is 32.7 Å². The quantitative estimate of drug-likeness (QED) is 0.699. The van der Waals surface area contributed by atoms with Crippen molar-refractivity contribution in [3.05, 3.63) is 69.2 Å². The summed E-state index contributed by atoms with van der Waals surface area (Å²) in [6.45, 7) is 3.59. The largest absolute Gasteiger partial charge is 0.462 e. The van der Waals surface area contributed by atoms with Gasteiger partial charge in [0, 0.05) is 13.1 Å². The molecule has 154 valence electrons. The Kier molecular flexibility index (Phi) is 7.50. The lowest BCUT2D eigenvalue weighted by atomic mass is 10.0. The normalized spacial score (nSPS) is 19.3. The molecule has 1 amide bonds. The number of carbonyl (C=O) groups excluding carboxylic acids is 2. The van der Waals surface area contributed by atoms with Gasteiger partial charge in [0.05, 0.1) is 40.4 Å². The summed E-state index contributed by atoms with van der Waals surface area (Å²) in [5.74, 6) is -0.912. The number of benzene rings is 2. The second-order valence-electron chi connectivity index (χ2n) is 6.52. The molecule has 1 aliphatic heterocycles. The number of carbonyl (C=O) groups is 2. The predicted octanol–water partition coefficient (Wildman–Crippen LogP) is 3.63. The monoisotopic (exact) mass is 436 g/mol. The Bertz CT molecular complexity index is 891. The summed E-state index contributed by atoms with van der Waals surface area (Å²) in [4.78, 5) is 25.2. The van der Waals surface area contributed by atoms with E-state index in [1.165, 1.54) is 0 Å². The summed E-state index contributed by atoms with van der Waals surface area (Å²) < 4.78 is 11.0. The Balaban J connectivity index is 1.85. The molecule has 0 aromatic heterocycles. The van der Waals surface area contributed by atoms with Gasteiger partial charge in [-0.2, -0.15) is 0 Å². The number of esters is 1. The van der Waals surface area contributed by atoms with E-state index in [0.29, 0.717) is 29.7 Å². The highest BCUT2D eigenvalue weighted by Crippen LogP contribution is 2.29. The van der Waals surface area contributed by atoms with Crippen molar-refractivity contribution in [2.24, 2.45) is 0 Å². The summed E-state index contributed by atoms with van der Waals surface area (Å²) >= 11 is 12.2. The SMILES string of the molecule is CCOC(=O)c1ccccc1C(=O)N[C@@H]1CNCCO[C@H]1c1ccc(Cl)c(Cl)c1. The molecule has 2 atom stereocenters. The van der Waals surface area contributed by atoms with Crippen LogP contribution in [0.25, 0.3) is 0 Å². The molecule has 1 heterocycles. The Morgan fingerprint density at radius 1 is 1.17 bits per heavy atom. The first-order valence-electron chi connectivity index (χ1n) is 9.35. The van der Waals surface area contributed by atoms with Crippen LogP contribution in [0, 0.1) is 0 Å². The first kappa shape index (κ1) is 21.6. The molecule has 1 aliphatic rings. The zero-order chi connectivity index (χ0) is 20.8. The molecule has 29 heavy (non-hydrogen) atoms. The van der Waals surface area contributed by atoms with Gasteiger partial charge in [-0.1, -0.05) is 41.4 Å². The second kappa shape index (κ2) is 10.1. The second-order valence-corrected chi connectivity index (χ2v) is 7.33. The number of halogens is 2. The molecule has 0 bridgehead atoms. The molecular weight excluding hydrogens is 415 g/mol. The van der Waals surface area contributed by atoms with Crippen molar-refractivity contribution in [2.45, 2.75) is 19.1 Å². The van der Waals surface area contributed by atoms with E-state index >= 15 is 0 Å². The molecule has 0 unspecified atom stereocenters. The molecular formula is C21H22Cl2N2O4. The third-order valence-electron chi connectivity index (χ3n) is 4.56. The third-order valence-corrected chi connectivity index (χ3v) is 5.30. The molecule has 1 fully saturated rings. The Hall–Kier alpha value is -2.12. The highest BCUT2D eigenvalue weighted by molar-refractivity contribution is 6.42. The van der Waals surface area contributed by atoms with E-state index in [2.05, 4.69) is 10.6 Å². The van der Waals surface area contributed by atoms with Crippen LogP contribution in [-0.4, -0.2) is 44.2 Å². The average Bonchev–Trinajstić information content (AvgIpc) is 2.95. The van der Waals surface area contributed by atoms with E-state index < -0.39 is 12.1 Å². The standard InChI is InChI=1S/C21H22Cl2N2O4/c1-2-28-21(27)15-6-4-3-5-14(15)20(26)25-18-12-24-9-10-29-19(18)13-7-8-16(22)17(23)11-13/h3-8,11,18-19,24H,2,9-10,12H2,1H3,(H,25,26)/t18-,19+/m1/s1. The van der Waals surface area contributed by atoms with Crippen molar-refractivity contribution in [1.82, 2.24) is 10.6 Å².